The van der Waals surface area contributed by atoms with E-state index < -0.39 is 49.5 Å². The van der Waals surface area contributed by atoms with Crippen LogP contribution in [-0.4, -0.2) is 87.5 Å². The lowest BCUT2D eigenvalue weighted by atomic mass is 9.99. The Morgan fingerprint density at radius 2 is 0.747 bits per heavy atom. The Bertz CT molecular complexity index is 1630. The van der Waals surface area contributed by atoms with E-state index in [1.165, 1.54) is 193 Å². The molecule has 0 aromatic rings. The molecular weight excluding hydrogens is 1030 g/mol. The molecule has 0 spiro atoms. The van der Waals surface area contributed by atoms with Crippen molar-refractivity contribution in [2.75, 3.05) is 13.2 Å². The third-order valence-corrected chi connectivity index (χ3v) is 16.2. The van der Waals surface area contributed by atoms with Crippen molar-refractivity contribution in [1.29, 1.82) is 0 Å². The zero-order chi connectivity index (χ0) is 60.0. The van der Waals surface area contributed by atoms with Gasteiger partial charge in [-0.3, -0.25) is 4.79 Å². The molecule has 6 N–H and O–H groups in total. The molecule has 1 heterocycles. The number of unbranched alkanes of at least 4 members (excludes halogenated alkanes) is 36. The molecule has 1 rings (SSSR count). The van der Waals surface area contributed by atoms with Crippen LogP contribution in [-0.2, 0) is 14.3 Å². The summed E-state index contributed by atoms with van der Waals surface area (Å²) in [6, 6.07) is -0.820. The van der Waals surface area contributed by atoms with Gasteiger partial charge in [0.2, 0.25) is 5.91 Å². The Morgan fingerprint density at radius 1 is 0.422 bits per heavy atom. The Kier molecular flexibility index (Phi) is 58.5. The molecule has 7 atom stereocenters. The molecule has 0 aromatic heterocycles. The highest BCUT2D eigenvalue weighted by atomic mass is 16.7. The molecular formula is C74H131NO8. The number of carbonyl (C=O) groups excluding carboxylic acids is 1. The molecule has 0 aliphatic carbocycles. The number of allylic oxidation sites excluding steroid dienone is 15. The van der Waals surface area contributed by atoms with E-state index in [1.807, 2.05) is 6.08 Å². The van der Waals surface area contributed by atoms with Crippen LogP contribution in [0.15, 0.2) is 97.2 Å². The lowest BCUT2D eigenvalue weighted by Crippen LogP contribution is -2.60. The predicted octanol–water partition coefficient (Wildman–Crippen LogP) is 19.1. The first-order valence-corrected chi connectivity index (χ1v) is 35.0. The molecule has 1 aliphatic heterocycles. The summed E-state index contributed by atoms with van der Waals surface area (Å²) in [6.07, 6.45) is 83.6. The fraction of sp³-hybridized carbons (Fsp3) is 0.770. The molecule has 9 heteroatoms. The third kappa shape index (κ3) is 50.9. The van der Waals surface area contributed by atoms with Crippen LogP contribution in [0.25, 0.3) is 0 Å². The molecule has 480 valence electrons. The number of aliphatic hydroxyl groups is 5. The maximum Gasteiger partial charge on any atom is 0.220 e. The molecule has 83 heavy (non-hydrogen) atoms. The van der Waals surface area contributed by atoms with Crippen LogP contribution in [0, 0.1) is 0 Å². The van der Waals surface area contributed by atoms with Crippen molar-refractivity contribution in [1.82, 2.24) is 5.32 Å². The molecule has 1 saturated heterocycles. The normalized spacial score (nSPS) is 18.9. The van der Waals surface area contributed by atoms with Crippen molar-refractivity contribution in [2.45, 2.75) is 352 Å². The van der Waals surface area contributed by atoms with Crippen LogP contribution in [0.5, 0.6) is 0 Å². The number of ether oxygens (including phenoxy) is 2. The van der Waals surface area contributed by atoms with Crippen molar-refractivity contribution in [3.05, 3.63) is 97.2 Å². The predicted molar refractivity (Wildman–Crippen MR) is 355 cm³/mol. The van der Waals surface area contributed by atoms with E-state index >= 15 is 0 Å². The summed E-state index contributed by atoms with van der Waals surface area (Å²) in [4.78, 5) is 13.1. The number of rotatable bonds is 60. The van der Waals surface area contributed by atoms with Gasteiger partial charge in [-0.1, -0.05) is 323 Å². The van der Waals surface area contributed by atoms with Gasteiger partial charge in [-0.15, -0.1) is 0 Å². The molecule has 0 saturated carbocycles. The average Bonchev–Trinajstić information content (AvgIpc) is 3.60. The summed E-state index contributed by atoms with van der Waals surface area (Å²) in [5, 5.41) is 54.8. The number of nitrogens with one attached hydrogen (secondary N) is 1. The van der Waals surface area contributed by atoms with Crippen molar-refractivity contribution < 1.29 is 39.8 Å². The summed E-state index contributed by atoms with van der Waals surface area (Å²) in [5.74, 6) is -0.188. The summed E-state index contributed by atoms with van der Waals surface area (Å²) < 4.78 is 11.3. The van der Waals surface area contributed by atoms with Crippen molar-refractivity contribution in [3.8, 4) is 0 Å². The second kappa shape index (κ2) is 62.2. The van der Waals surface area contributed by atoms with Gasteiger partial charge in [0.25, 0.3) is 0 Å². The third-order valence-electron chi connectivity index (χ3n) is 16.2. The smallest absolute Gasteiger partial charge is 0.220 e. The number of carbonyl (C=O) groups is 1. The van der Waals surface area contributed by atoms with Gasteiger partial charge in [0.05, 0.1) is 25.4 Å². The highest BCUT2D eigenvalue weighted by Crippen LogP contribution is 2.23. The van der Waals surface area contributed by atoms with Gasteiger partial charge < -0.3 is 40.3 Å². The summed E-state index contributed by atoms with van der Waals surface area (Å²) >= 11 is 0. The minimum absolute atomic E-state index is 0.188. The van der Waals surface area contributed by atoms with Gasteiger partial charge in [0.15, 0.2) is 6.29 Å². The quantitative estimate of drug-likeness (QED) is 0.0261. The van der Waals surface area contributed by atoms with Gasteiger partial charge in [0, 0.05) is 6.42 Å². The van der Waals surface area contributed by atoms with E-state index in [0.29, 0.717) is 6.42 Å². The summed E-state index contributed by atoms with van der Waals surface area (Å²) in [6.45, 7) is 3.69. The minimum Gasteiger partial charge on any atom is -0.394 e. The highest BCUT2D eigenvalue weighted by molar-refractivity contribution is 5.76. The number of hydrogen-bond donors (Lipinski definition) is 6. The fourth-order valence-corrected chi connectivity index (χ4v) is 10.7. The SMILES string of the molecule is CC/C=C\C/C=C\C/C=C\C/C=C\C/C=C\C/C=C\C/C=C\CCCCCCCCCC(=O)NC(COC1OC(CO)C(O)C(O)C1O)C(O)/C=C/CCCCCCCCCCCCCCCCCCCCCCCCCCCCCCC. The zero-order valence-corrected chi connectivity index (χ0v) is 53.7. The topological polar surface area (TPSA) is 149 Å². The summed E-state index contributed by atoms with van der Waals surface area (Å²) in [5.41, 5.74) is 0. The average molecular weight is 1160 g/mol. The number of amides is 1. The molecule has 1 fully saturated rings. The van der Waals surface area contributed by atoms with Gasteiger partial charge in [-0.2, -0.15) is 0 Å². The fourth-order valence-electron chi connectivity index (χ4n) is 10.7. The Balaban J connectivity index is 2.17. The van der Waals surface area contributed by atoms with E-state index in [-0.39, 0.29) is 12.5 Å². The van der Waals surface area contributed by atoms with Crippen molar-refractivity contribution in [2.24, 2.45) is 0 Å². The molecule has 1 amide bonds. The van der Waals surface area contributed by atoms with Crippen LogP contribution >= 0.6 is 0 Å². The van der Waals surface area contributed by atoms with Crippen LogP contribution < -0.4 is 5.32 Å². The Morgan fingerprint density at radius 3 is 1.11 bits per heavy atom. The monoisotopic (exact) mass is 1160 g/mol. The van der Waals surface area contributed by atoms with Crippen LogP contribution in [0.3, 0.4) is 0 Å². The second-order valence-electron chi connectivity index (χ2n) is 23.9. The van der Waals surface area contributed by atoms with E-state index in [0.717, 1.165) is 96.3 Å². The van der Waals surface area contributed by atoms with Crippen LogP contribution in [0.1, 0.15) is 309 Å². The van der Waals surface area contributed by atoms with E-state index in [1.54, 1.807) is 6.08 Å². The standard InChI is InChI=1S/C74H131NO8/c1-3-5-7-9-11-13-15-17-19-21-23-25-27-29-31-33-34-36-37-39-41-43-45-47-49-51-53-55-57-59-61-63-68(77)67(66-82-74-73(81)72(80)71(79)69(65-76)83-74)75-70(78)64-62-60-58-56-54-52-50-48-46-44-42-40-38-35-32-30-28-26-24-22-20-18-16-14-12-10-8-6-4-2/h6,8,12,14,18,20,24,26,30,32,38,40,44,46,61,63,67-69,71-74,76-77,79-81H,3-5,7,9-11,13,15-17,19,21-23,25,27-29,31,33-37,39,41-43,45,47-60,62,64-66H2,1-2H3,(H,75,78)/b8-6-,14-12-,20-18-,26-24-,32-30-,40-38-,46-44-,63-61+. The Hall–Kier alpha value is -2.89. The maximum absolute atomic E-state index is 13.1. The van der Waals surface area contributed by atoms with Gasteiger partial charge >= 0.3 is 0 Å². The van der Waals surface area contributed by atoms with Gasteiger partial charge in [-0.05, 0) is 77.0 Å². The number of hydrogen-bond acceptors (Lipinski definition) is 8. The highest BCUT2D eigenvalue weighted by Gasteiger charge is 2.44. The molecule has 0 radical (unpaired) electrons. The van der Waals surface area contributed by atoms with Crippen molar-refractivity contribution >= 4 is 5.91 Å². The van der Waals surface area contributed by atoms with E-state index in [2.05, 4.69) is 104 Å². The van der Waals surface area contributed by atoms with Gasteiger partial charge in [-0.25, -0.2) is 0 Å². The summed E-state index contributed by atoms with van der Waals surface area (Å²) in [7, 11) is 0. The second-order valence-corrected chi connectivity index (χ2v) is 23.9. The number of aliphatic hydroxyl groups excluding tert-OH is 5. The Labute approximate surface area is 511 Å². The first-order chi connectivity index (χ1) is 40.8. The lowest BCUT2D eigenvalue weighted by molar-refractivity contribution is -0.302. The zero-order valence-electron chi connectivity index (χ0n) is 53.7. The van der Waals surface area contributed by atoms with Crippen molar-refractivity contribution in [3.63, 3.8) is 0 Å². The first kappa shape index (κ1) is 78.1. The van der Waals surface area contributed by atoms with E-state index in [4.69, 9.17) is 9.47 Å². The molecule has 1 aliphatic rings. The lowest BCUT2D eigenvalue weighted by Gasteiger charge is -2.40. The largest absolute Gasteiger partial charge is 0.394 e. The van der Waals surface area contributed by atoms with Crippen LogP contribution in [0.2, 0.25) is 0 Å². The molecule has 0 bridgehead atoms. The molecule has 7 unspecified atom stereocenters. The minimum atomic E-state index is -1.58. The maximum atomic E-state index is 13.1. The van der Waals surface area contributed by atoms with Gasteiger partial charge in [0.1, 0.15) is 24.4 Å². The van der Waals surface area contributed by atoms with E-state index in [9.17, 15) is 30.3 Å². The molecule has 9 nitrogen and oxygen atoms in total. The van der Waals surface area contributed by atoms with Crippen LogP contribution in [0.4, 0.5) is 0 Å². The first-order valence-electron chi connectivity index (χ1n) is 35.0. The molecule has 0 aromatic carbocycles.